The van der Waals surface area contributed by atoms with Crippen LogP contribution in [-0.2, 0) is 14.3 Å². The van der Waals surface area contributed by atoms with Crippen molar-refractivity contribution in [3.63, 3.8) is 0 Å². The number of Topliss-reactive ketones (excluding diaryl/α,β-unsaturated/α-hetero) is 1. The number of allylic oxidation sites excluding steroid dienone is 2. The van der Waals surface area contributed by atoms with Crippen LogP contribution in [0.5, 0.6) is 23.0 Å². The van der Waals surface area contributed by atoms with Crippen molar-refractivity contribution in [2.24, 2.45) is 10.9 Å². The lowest BCUT2D eigenvalue weighted by molar-refractivity contribution is -0.151. The Morgan fingerprint density at radius 3 is 2.28 bits per heavy atom. The smallest absolute Gasteiger partial charge is 0.315 e. The van der Waals surface area contributed by atoms with Gasteiger partial charge < -0.3 is 23.7 Å². The fourth-order valence-electron chi connectivity index (χ4n) is 5.48. The Hall–Kier alpha value is -3.81. The van der Waals surface area contributed by atoms with Crippen molar-refractivity contribution in [2.45, 2.75) is 58.0 Å². The number of ketones is 1. The highest BCUT2D eigenvalue weighted by molar-refractivity contribution is 6.09. The van der Waals surface area contributed by atoms with E-state index in [0.717, 1.165) is 5.56 Å². The molecule has 0 spiro atoms. The van der Waals surface area contributed by atoms with Crippen LogP contribution in [0, 0.1) is 5.92 Å². The largest absolute Gasteiger partial charge is 0.497 e. The van der Waals surface area contributed by atoms with Gasteiger partial charge in [0.1, 0.15) is 17.4 Å². The van der Waals surface area contributed by atoms with Crippen molar-refractivity contribution in [1.82, 2.24) is 0 Å². The lowest BCUT2D eigenvalue weighted by Crippen LogP contribution is -2.39. The molecule has 4 atom stereocenters. The molecule has 1 aliphatic heterocycles. The second-order valence-electron chi connectivity index (χ2n) is 9.98. The van der Waals surface area contributed by atoms with E-state index in [2.05, 4.69) is 0 Å². The quantitative estimate of drug-likeness (QED) is 0.384. The number of carbonyl (C=O) groups excluding carboxylic acids is 2. The summed E-state index contributed by atoms with van der Waals surface area (Å²) in [5.74, 6) is 0.486. The maximum atomic E-state index is 14.0. The molecular formula is C31H37NO7. The SMILES string of the molecule is CC[C@H](C)OC(=O)C1C(C)=NC2=C(C(=O)C[C@H](c3ccc(OC)c(OC)c3)C2)[C@@H]1c1cc(OC)ccc1OC. The molecule has 2 aliphatic rings. The van der Waals surface area contributed by atoms with Gasteiger partial charge in [-0.25, -0.2) is 0 Å². The first-order valence-corrected chi connectivity index (χ1v) is 13.2. The minimum absolute atomic E-state index is 0.0523. The third kappa shape index (κ3) is 5.51. The molecule has 8 nitrogen and oxygen atoms in total. The average molecular weight is 536 g/mol. The number of aliphatic imine (C=N–C) groups is 1. The van der Waals surface area contributed by atoms with E-state index in [1.165, 1.54) is 0 Å². The van der Waals surface area contributed by atoms with Crippen LogP contribution >= 0.6 is 0 Å². The van der Waals surface area contributed by atoms with E-state index < -0.39 is 17.8 Å². The van der Waals surface area contributed by atoms with Gasteiger partial charge in [-0.2, -0.15) is 0 Å². The highest BCUT2D eigenvalue weighted by Crippen LogP contribution is 2.49. The number of benzene rings is 2. The molecule has 0 saturated carbocycles. The molecule has 0 amide bonds. The van der Waals surface area contributed by atoms with Crippen molar-refractivity contribution in [1.29, 1.82) is 0 Å². The molecule has 2 aromatic carbocycles. The molecule has 39 heavy (non-hydrogen) atoms. The predicted octanol–water partition coefficient (Wildman–Crippen LogP) is 5.64. The highest BCUT2D eigenvalue weighted by atomic mass is 16.5. The standard InChI is InChI=1S/C31H37NO7/c1-8-17(2)39-31(34)28-18(3)32-23-13-20(19-9-11-26(37-6)27(15-19)38-7)14-24(33)30(23)29(28)22-16-21(35-4)10-12-25(22)36-5/h9-12,15-17,20,28-29H,8,13-14H2,1-7H3/t17-,20+,28?,29+/m0/s1. The van der Waals surface area contributed by atoms with E-state index in [1.807, 2.05) is 45.0 Å². The molecule has 0 saturated heterocycles. The Balaban J connectivity index is 1.83. The molecule has 0 N–H and O–H groups in total. The summed E-state index contributed by atoms with van der Waals surface area (Å²) in [4.78, 5) is 32.4. The minimum atomic E-state index is -0.764. The molecule has 8 heteroatoms. The Morgan fingerprint density at radius 1 is 0.949 bits per heavy atom. The van der Waals surface area contributed by atoms with E-state index >= 15 is 0 Å². The Labute approximate surface area is 230 Å². The predicted molar refractivity (Wildman–Crippen MR) is 148 cm³/mol. The van der Waals surface area contributed by atoms with Crippen LogP contribution in [0.3, 0.4) is 0 Å². The van der Waals surface area contributed by atoms with Gasteiger partial charge in [-0.15, -0.1) is 0 Å². The zero-order chi connectivity index (χ0) is 28.3. The van der Waals surface area contributed by atoms with Crippen molar-refractivity contribution in [3.8, 4) is 23.0 Å². The van der Waals surface area contributed by atoms with Crippen LogP contribution in [-0.4, -0.2) is 52.0 Å². The van der Waals surface area contributed by atoms with Crippen molar-refractivity contribution >= 4 is 17.5 Å². The van der Waals surface area contributed by atoms with Gasteiger partial charge in [-0.3, -0.25) is 14.6 Å². The maximum Gasteiger partial charge on any atom is 0.315 e. The zero-order valence-corrected chi connectivity index (χ0v) is 23.7. The van der Waals surface area contributed by atoms with Gasteiger partial charge in [0.25, 0.3) is 0 Å². The molecule has 1 aliphatic carbocycles. The van der Waals surface area contributed by atoms with Gasteiger partial charge in [0, 0.05) is 34.9 Å². The first-order chi connectivity index (χ1) is 18.8. The van der Waals surface area contributed by atoms with E-state index in [-0.39, 0.29) is 24.2 Å². The molecule has 2 aromatic rings. The van der Waals surface area contributed by atoms with Crippen molar-refractivity contribution < 1.29 is 33.3 Å². The molecule has 0 aromatic heterocycles. The first kappa shape index (κ1) is 28.2. The summed E-state index contributed by atoms with van der Waals surface area (Å²) in [7, 11) is 6.34. The monoisotopic (exact) mass is 535 g/mol. The molecule has 1 unspecified atom stereocenters. The van der Waals surface area contributed by atoms with Crippen molar-refractivity contribution in [2.75, 3.05) is 28.4 Å². The number of esters is 1. The fraction of sp³-hybridized carbons (Fsp3) is 0.452. The van der Waals surface area contributed by atoms with E-state index in [4.69, 9.17) is 28.7 Å². The number of hydrogen-bond acceptors (Lipinski definition) is 8. The number of carbonyl (C=O) groups is 2. The molecule has 0 fully saturated rings. The van der Waals surface area contributed by atoms with Gasteiger partial charge in [-0.05, 0) is 68.5 Å². The van der Waals surface area contributed by atoms with E-state index in [1.54, 1.807) is 40.6 Å². The van der Waals surface area contributed by atoms with Crippen LogP contribution in [0.4, 0.5) is 0 Å². The number of ether oxygens (including phenoxy) is 5. The second-order valence-corrected chi connectivity index (χ2v) is 9.98. The molecular weight excluding hydrogens is 498 g/mol. The molecule has 1 heterocycles. The number of nitrogens with zero attached hydrogens (tertiary/aromatic N) is 1. The average Bonchev–Trinajstić information content (AvgIpc) is 2.95. The van der Waals surface area contributed by atoms with Gasteiger partial charge in [0.05, 0.1) is 34.5 Å². The summed E-state index contributed by atoms with van der Waals surface area (Å²) in [6.45, 7) is 5.65. The lowest BCUT2D eigenvalue weighted by atomic mass is 9.69. The lowest BCUT2D eigenvalue weighted by Gasteiger charge is -2.37. The summed E-state index contributed by atoms with van der Waals surface area (Å²) in [6, 6.07) is 11.2. The Morgan fingerprint density at radius 2 is 1.64 bits per heavy atom. The molecule has 0 bridgehead atoms. The van der Waals surface area contributed by atoms with E-state index in [0.29, 0.717) is 58.4 Å². The van der Waals surface area contributed by atoms with Crippen LogP contribution in [0.2, 0.25) is 0 Å². The van der Waals surface area contributed by atoms with Crippen LogP contribution in [0.1, 0.15) is 63.0 Å². The number of rotatable bonds is 9. The minimum Gasteiger partial charge on any atom is -0.497 e. The first-order valence-electron chi connectivity index (χ1n) is 13.2. The van der Waals surface area contributed by atoms with E-state index in [9.17, 15) is 9.59 Å². The molecule has 0 radical (unpaired) electrons. The maximum absolute atomic E-state index is 14.0. The van der Waals surface area contributed by atoms with Gasteiger partial charge in [0.2, 0.25) is 0 Å². The fourth-order valence-corrected chi connectivity index (χ4v) is 5.48. The van der Waals surface area contributed by atoms with Crippen molar-refractivity contribution in [3.05, 3.63) is 58.8 Å². The highest BCUT2D eigenvalue weighted by Gasteiger charge is 2.46. The molecule has 4 rings (SSSR count). The number of methoxy groups -OCH3 is 4. The van der Waals surface area contributed by atoms with Gasteiger partial charge >= 0.3 is 5.97 Å². The summed E-state index contributed by atoms with van der Waals surface area (Å²) in [6.07, 6.45) is 1.25. The molecule has 208 valence electrons. The zero-order valence-electron chi connectivity index (χ0n) is 23.7. The third-order valence-corrected chi connectivity index (χ3v) is 7.69. The summed E-state index contributed by atoms with van der Waals surface area (Å²) in [5.41, 5.74) is 3.50. The number of hydrogen-bond donors (Lipinski definition) is 0. The summed E-state index contributed by atoms with van der Waals surface area (Å²) >= 11 is 0. The van der Waals surface area contributed by atoms with Gasteiger partial charge in [-0.1, -0.05) is 13.0 Å². The van der Waals surface area contributed by atoms with Crippen LogP contribution in [0.15, 0.2) is 52.7 Å². The summed E-state index contributed by atoms with van der Waals surface area (Å²) < 4.78 is 27.9. The van der Waals surface area contributed by atoms with Gasteiger partial charge in [0.15, 0.2) is 17.3 Å². The normalized spacial score (nSPS) is 21.5. The second kappa shape index (κ2) is 11.9. The Bertz CT molecular complexity index is 1310. The Kier molecular flexibility index (Phi) is 8.63. The third-order valence-electron chi connectivity index (χ3n) is 7.69. The summed E-state index contributed by atoms with van der Waals surface area (Å²) in [5, 5.41) is 0. The topological polar surface area (TPSA) is 92.7 Å². The van der Waals surface area contributed by atoms with Crippen LogP contribution < -0.4 is 18.9 Å². The van der Waals surface area contributed by atoms with Crippen LogP contribution in [0.25, 0.3) is 0 Å².